The molecule has 0 atom stereocenters. The van der Waals surface area contributed by atoms with Gasteiger partial charge in [0.15, 0.2) is 0 Å². The highest BCUT2D eigenvalue weighted by atomic mass is 35.5. The van der Waals surface area contributed by atoms with Crippen molar-refractivity contribution in [2.24, 2.45) is 0 Å². The quantitative estimate of drug-likeness (QED) is 0.612. The molecule has 0 radical (unpaired) electrons. The minimum atomic E-state index is -0.679. The van der Waals surface area contributed by atoms with Gasteiger partial charge >= 0.3 is 5.97 Å². The van der Waals surface area contributed by atoms with E-state index in [9.17, 15) is 9.59 Å². The second-order valence-corrected chi connectivity index (χ2v) is 6.08. The fourth-order valence-corrected chi connectivity index (χ4v) is 3.45. The van der Waals surface area contributed by atoms with Crippen molar-refractivity contribution in [1.82, 2.24) is 4.57 Å². The van der Waals surface area contributed by atoms with E-state index >= 15 is 0 Å². The van der Waals surface area contributed by atoms with E-state index in [1.165, 1.54) is 12.5 Å². The molecule has 130 valence electrons. The number of aryl methyl sites for hydroxylation is 1. The van der Waals surface area contributed by atoms with Crippen LogP contribution in [-0.2, 0) is 11.3 Å². The first-order chi connectivity index (χ1) is 12.0. The first kappa shape index (κ1) is 17.6. The van der Waals surface area contributed by atoms with Crippen LogP contribution in [0.25, 0.3) is 22.2 Å². The Kier molecular flexibility index (Phi) is 4.88. The van der Waals surface area contributed by atoms with Gasteiger partial charge in [0.25, 0.3) is 0 Å². The van der Waals surface area contributed by atoms with Gasteiger partial charge in [-0.05, 0) is 32.0 Å². The number of hydrogen-bond donors (Lipinski definition) is 0. The van der Waals surface area contributed by atoms with Crippen LogP contribution in [0.1, 0.15) is 24.2 Å². The van der Waals surface area contributed by atoms with Crippen molar-refractivity contribution in [2.75, 3.05) is 6.61 Å². The lowest BCUT2D eigenvalue weighted by molar-refractivity contribution is 0.0524. The number of fused-ring (bicyclic) bond motifs is 1. The zero-order valence-electron chi connectivity index (χ0n) is 13.6. The first-order valence-corrected chi connectivity index (χ1v) is 8.51. The highest BCUT2D eigenvalue weighted by Crippen LogP contribution is 2.39. The van der Waals surface area contributed by atoms with Crippen molar-refractivity contribution in [3.05, 3.63) is 56.5 Å². The van der Waals surface area contributed by atoms with Crippen LogP contribution in [0.4, 0.5) is 0 Å². The van der Waals surface area contributed by atoms with E-state index in [0.29, 0.717) is 28.4 Å². The van der Waals surface area contributed by atoms with E-state index in [1.54, 1.807) is 29.7 Å². The molecule has 0 aliphatic rings. The van der Waals surface area contributed by atoms with Crippen LogP contribution in [0.5, 0.6) is 0 Å². The molecule has 0 aliphatic carbocycles. The van der Waals surface area contributed by atoms with Crippen molar-refractivity contribution >= 4 is 40.1 Å². The van der Waals surface area contributed by atoms with Gasteiger partial charge in [-0.15, -0.1) is 0 Å². The molecule has 0 unspecified atom stereocenters. The number of furan rings is 1. The lowest BCUT2D eigenvalue weighted by atomic mass is 10.1. The predicted molar refractivity (Wildman–Crippen MR) is 97.6 cm³/mol. The number of carbonyl (C=O) groups excluding carboxylic acids is 1. The zero-order chi connectivity index (χ0) is 18.1. The standard InChI is InChI=1S/C18H15Cl2NO4/c1-3-21-9-10(18(23)24-4-2)17(22)15-12(21)8-11(19)14(16(15)20)13-6-5-7-25-13/h5-9H,3-4H2,1-2H3. The molecule has 25 heavy (non-hydrogen) atoms. The van der Waals surface area contributed by atoms with E-state index in [0.717, 1.165) is 0 Å². The molecule has 3 aromatic rings. The van der Waals surface area contributed by atoms with Gasteiger partial charge < -0.3 is 13.7 Å². The summed E-state index contributed by atoms with van der Waals surface area (Å²) in [5.74, 6) is -0.233. The van der Waals surface area contributed by atoms with Crippen LogP contribution in [0.2, 0.25) is 10.0 Å². The molecule has 2 aromatic heterocycles. The number of nitrogens with zero attached hydrogens (tertiary/aromatic N) is 1. The molecule has 0 fully saturated rings. The lowest BCUT2D eigenvalue weighted by Crippen LogP contribution is -2.21. The summed E-state index contributed by atoms with van der Waals surface area (Å²) in [5, 5.41) is 0.721. The minimum Gasteiger partial charge on any atom is -0.464 e. The summed E-state index contributed by atoms with van der Waals surface area (Å²) in [6, 6.07) is 5.05. The molecule has 0 bridgehead atoms. The fraction of sp³-hybridized carbons (Fsp3) is 0.222. The molecule has 2 heterocycles. The number of carbonyl (C=O) groups is 1. The highest BCUT2D eigenvalue weighted by Gasteiger charge is 2.22. The smallest absolute Gasteiger partial charge is 0.343 e. The number of hydrogen-bond acceptors (Lipinski definition) is 4. The predicted octanol–water partition coefficient (Wildman–Crippen LogP) is 4.76. The largest absolute Gasteiger partial charge is 0.464 e. The summed E-state index contributed by atoms with van der Waals surface area (Å²) in [6.07, 6.45) is 2.97. The Labute approximate surface area is 153 Å². The monoisotopic (exact) mass is 379 g/mol. The third-order valence-corrected chi connectivity index (χ3v) is 4.54. The van der Waals surface area contributed by atoms with Crippen LogP contribution in [0, 0.1) is 0 Å². The second-order valence-electron chi connectivity index (χ2n) is 5.30. The zero-order valence-corrected chi connectivity index (χ0v) is 15.1. The summed E-state index contributed by atoms with van der Waals surface area (Å²) < 4.78 is 12.1. The first-order valence-electron chi connectivity index (χ1n) is 7.75. The fourth-order valence-electron chi connectivity index (χ4n) is 2.73. The molecule has 0 saturated heterocycles. The Morgan fingerprint density at radius 1 is 1.32 bits per heavy atom. The molecule has 0 aliphatic heterocycles. The number of ether oxygens (including phenoxy) is 1. The van der Waals surface area contributed by atoms with Crippen LogP contribution in [-0.4, -0.2) is 17.1 Å². The van der Waals surface area contributed by atoms with Crippen molar-refractivity contribution in [2.45, 2.75) is 20.4 Å². The number of aromatic nitrogens is 1. The summed E-state index contributed by atoms with van der Waals surface area (Å²) in [4.78, 5) is 25.0. The topological polar surface area (TPSA) is 61.4 Å². The van der Waals surface area contributed by atoms with Gasteiger partial charge in [0, 0.05) is 12.7 Å². The summed E-state index contributed by atoms with van der Waals surface area (Å²) in [7, 11) is 0. The summed E-state index contributed by atoms with van der Waals surface area (Å²) in [5.41, 5.74) is 0.408. The molecule has 0 spiro atoms. The van der Waals surface area contributed by atoms with Gasteiger partial charge in [-0.1, -0.05) is 23.2 Å². The third kappa shape index (κ3) is 2.94. The van der Waals surface area contributed by atoms with Crippen LogP contribution < -0.4 is 5.43 Å². The Morgan fingerprint density at radius 2 is 2.08 bits per heavy atom. The number of pyridine rings is 1. The number of halogens is 2. The van der Waals surface area contributed by atoms with Gasteiger partial charge in [0.1, 0.15) is 11.3 Å². The summed E-state index contributed by atoms with van der Waals surface area (Å²) in [6.45, 7) is 4.27. The van der Waals surface area contributed by atoms with E-state index in [2.05, 4.69) is 0 Å². The minimum absolute atomic E-state index is 0.0641. The second kappa shape index (κ2) is 6.94. The Bertz CT molecular complexity index is 1010. The lowest BCUT2D eigenvalue weighted by Gasteiger charge is -2.15. The molecule has 0 amide bonds. The van der Waals surface area contributed by atoms with Crippen molar-refractivity contribution in [3.63, 3.8) is 0 Å². The number of rotatable bonds is 4. The molecule has 3 rings (SSSR count). The van der Waals surface area contributed by atoms with Gasteiger partial charge in [-0.2, -0.15) is 0 Å². The van der Waals surface area contributed by atoms with Crippen molar-refractivity contribution in [1.29, 1.82) is 0 Å². The maximum absolute atomic E-state index is 12.9. The van der Waals surface area contributed by atoms with Crippen molar-refractivity contribution in [3.8, 4) is 11.3 Å². The van der Waals surface area contributed by atoms with Gasteiger partial charge in [-0.3, -0.25) is 4.79 Å². The molecule has 5 nitrogen and oxygen atoms in total. The molecule has 0 saturated carbocycles. The highest BCUT2D eigenvalue weighted by molar-refractivity contribution is 6.42. The Morgan fingerprint density at radius 3 is 2.68 bits per heavy atom. The van der Waals surface area contributed by atoms with E-state index in [1.807, 2.05) is 6.92 Å². The normalized spacial score (nSPS) is 11.0. The van der Waals surface area contributed by atoms with Gasteiger partial charge in [-0.25, -0.2) is 4.79 Å². The van der Waals surface area contributed by atoms with Gasteiger partial charge in [0.05, 0.1) is 39.4 Å². The average molecular weight is 380 g/mol. The maximum atomic E-state index is 12.9. The average Bonchev–Trinajstić information content (AvgIpc) is 3.09. The number of benzene rings is 1. The van der Waals surface area contributed by atoms with Crippen LogP contribution >= 0.6 is 23.2 Å². The number of esters is 1. The van der Waals surface area contributed by atoms with Crippen LogP contribution in [0.3, 0.4) is 0 Å². The molecular formula is C18H15Cl2NO4. The summed E-state index contributed by atoms with van der Waals surface area (Å²) >= 11 is 12.9. The van der Waals surface area contributed by atoms with E-state index in [4.69, 9.17) is 32.4 Å². The van der Waals surface area contributed by atoms with E-state index < -0.39 is 11.4 Å². The third-order valence-electron chi connectivity index (χ3n) is 3.87. The Hall–Kier alpha value is -2.24. The Balaban J connectivity index is 2.42. The molecule has 7 heteroatoms. The van der Waals surface area contributed by atoms with Crippen molar-refractivity contribution < 1.29 is 13.9 Å². The molecule has 0 N–H and O–H groups in total. The van der Waals surface area contributed by atoms with Gasteiger partial charge in [0.2, 0.25) is 5.43 Å². The molecular weight excluding hydrogens is 365 g/mol. The van der Waals surface area contributed by atoms with Crippen LogP contribution in [0.15, 0.2) is 39.9 Å². The van der Waals surface area contributed by atoms with E-state index in [-0.39, 0.29) is 22.6 Å². The molecule has 1 aromatic carbocycles. The maximum Gasteiger partial charge on any atom is 0.343 e. The SMILES string of the molecule is CCOC(=O)c1cn(CC)c2cc(Cl)c(-c3ccco3)c(Cl)c2c1=O.